The maximum atomic E-state index is 12.3. The number of rotatable bonds is 4. The summed E-state index contributed by atoms with van der Waals surface area (Å²) in [7, 11) is 2.43. The molecular formula is C18H17NO6. The molecule has 0 radical (unpaired) electrons. The molecule has 0 spiro atoms. The van der Waals surface area contributed by atoms with Crippen LogP contribution in [0.25, 0.3) is 0 Å². The van der Waals surface area contributed by atoms with Crippen LogP contribution >= 0.6 is 0 Å². The summed E-state index contributed by atoms with van der Waals surface area (Å²) in [4.78, 5) is 37.0. The van der Waals surface area contributed by atoms with Crippen molar-refractivity contribution in [2.75, 3.05) is 19.1 Å². The summed E-state index contributed by atoms with van der Waals surface area (Å²) >= 11 is 0. The Morgan fingerprint density at radius 2 is 1.72 bits per heavy atom. The number of aromatic carboxylic acids is 1. The summed E-state index contributed by atoms with van der Waals surface area (Å²) in [6.07, 6.45) is 6.27. The minimum atomic E-state index is -1.05. The van der Waals surface area contributed by atoms with E-state index in [-0.39, 0.29) is 16.8 Å². The van der Waals surface area contributed by atoms with Gasteiger partial charge in [0.2, 0.25) is 0 Å². The van der Waals surface area contributed by atoms with Gasteiger partial charge in [-0.15, -0.1) is 0 Å². The van der Waals surface area contributed by atoms with Crippen LogP contribution < -0.4 is 4.90 Å². The maximum absolute atomic E-state index is 12.3. The molecule has 1 aromatic carbocycles. The highest BCUT2D eigenvalue weighted by molar-refractivity contribution is 6.05. The van der Waals surface area contributed by atoms with Crippen LogP contribution in [0.2, 0.25) is 0 Å². The number of ether oxygens (including phenoxy) is 2. The molecule has 1 aliphatic rings. The molecule has 0 unspecified atom stereocenters. The fourth-order valence-electron chi connectivity index (χ4n) is 2.41. The topological polar surface area (TPSA) is 93.1 Å². The molecule has 1 aliphatic heterocycles. The Hall–Kier alpha value is -3.35. The molecule has 0 saturated heterocycles. The fraction of sp³-hybridized carbons (Fsp3) is 0.167. The summed E-state index contributed by atoms with van der Waals surface area (Å²) in [6.45, 7) is 1.71. The molecule has 7 nitrogen and oxygen atoms in total. The van der Waals surface area contributed by atoms with Crippen molar-refractivity contribution in [3.63, 3.8) is 0 Å². The third-order valence-corrected chi connectivity index (χ3v) is 3.59. The largest absolute Gasteiger partial charge is 0.478 e. The van der Waals surface area contributed by atoms with E-state index in [4.69, 9.17) is 14.6 Å². The standard InChI is InChI=1S/C18H17NO6/c1-11-10-12(16(20)21)7-8-14(11)19-9-5-4-6-13(17(22)24-2)15(19)18(23)25-3/h4-10H,1-3H3,(H,20,21). The number of carboxylic acids is 1. The van der Waals surface area contributed by atoms with E-state index >= 15 is 0 Å². The Labute approximate surface area is 144 Å². The summed E-state index contributed by atoms with van der Waals surface area (Å²) < 4.78 is 9.56. The van der Waals surface area contributed by atoms with Gasteiger partial charge in [0.25, 0.3) is 0 Å². The number of hydrogen-bond acceptors (Lipinski definition) is 6. The number of anilines is 1. The van der Waals surface area contributed by atoms with E-state index in [1.165, 1.54) is 37.3 Å². The normalized spacial score (nSPS) is 13.5. The molecular weight excluding hydrogens is 326 g/mol. The van der Waals surface area contributed by atoms with Crippen LogP contribution in [0.4, 0.5) is 5.69 Å². The number of methoxy groups -OCH3 is 2. The van der Waals surface area contributed by atoms with Gasteiger partial charge in [-0.05, 0) is 42.8 Å². The Morgan fingerprint density at radius 3 is 2.28 bits per heavy atom. The summed E-state index contributed by atoms with van der Waals surface area (Å²) in [6, 6.07) is 4.46. The lowest BCUT2D eigenvalue weighted by Gasteiger charge is -2.24. The van der Waals surface area contributed by atoms with Crippen LogP contribution in [0.1, 0.15) is 15.9 Å². The van der Waals surface area contributed by atoms with Crippen LogP contribution in [0, 0.1) is 6.92 Å². The highest BCUT2D eigenvalue weighted by Gasteiger charge is 2.28. The van der Waals surface area contributed by atoms with Gasteiger partial charge in [-0.2, -0.15) is 0 Å². The first kappa shape index (κ1) is 18.0. The van der Waals surface area contributed by atoms with Crippen LogP contribution in [0.15, 0.2) is 53.9 Å². The average molecular weight is 343 g/mol. The van der Waals surface area contributed by atoms with E-state index in [0.717, 1.165) is 0 Å². The number of esters is 2. The lowest BCUT2D eigenvalue weighted by molar-refractivity contribution is -0.139. The predicted octanol–water partition coefficient (Wildman–Crippen LogP) is 2.18. The van der Waals surface area contributed by atoms with E-state index in [1.54, 1.807) is 31.3 Å². The van der Waals surface area contributed by atoms with Crippen molar-refractivity contribution < 1.29 is 29.0 Å². The lowest BCUT2D eigenvalue weighted by Crippen LogP contribution is -2.27. The molecule has 2 rings (SSSR count). The van der Waals surface area contributed by atoms with Crippen molar-refractivity contribution >= 4 is 23.6 Å². The third kappa shape index (κ3) is 3.60. The Morgan fingerprint density at radius 1 is 1.04 bits per heavy atom. The second-order valence-electron chi connectivity index (χ2n) is 5.12. The van der Waals surface area contributed by atoms with E-state index in [1.807, 2.05) is 0 Å². The highest BCUT2D eigenvalue weighted by atomic mass is 16.5. The monoisotopic (exact) mass is 343 g/mol. The van der Waals surface area contributed by atoms with Gasteiger partial charge in [-0.3, -0.25) is 0 Å². The first-order chi connectivity index (χ1) is 11.9. The SMILES string of the molecule is COC(=O)C1=C(C(=O)OC)N(c2ccc(C(=O)O)cc2C)C=CC=C1. The van der Waals surface area contributed by atoms with Crippen LogP contribution in [0.3, 0.4) is 0 Å². The zero-order valence-electron chi connectivity index (χ0n) is 14.0. The molecule has 0 aromatic heterocycles. The van der Waals surface area contributed by atoms with Crippen molar-refractivity contribution in [2.45, 2.75) is 6.92 Å². The van der Waals surface area contributed by atoms with Gasteiger partial charge in [0.1, 0.15) is 5.70 Å². The van der Waals surface area contributed by atoms with E-state index in [0.29, 0.717) is 11.3 Å². The smallest absolute Gasteiger partial charge is 0.355 e. The average Bonchev–Trinajstić information content (AvgIpc) is 2.82. The molecule has 0 bridgehead atoms. The second kappa shape index (κ2) is 7.48. The Bertz CT molecular complexity index is 819. The quantitative estimate of drug-likeness (QED) is 0.838. The molecule has 0 amide bonds. The molecule has 1 heterocycles. The van der Waals surface area contributed by atoms with Crippen molar-refractivity contribution in [3.8, 4) is 0 Å². The van der Waals surface area contributed by atoms with Gasteiger partial charge < -0.3 is 19.5 Å². The van der Waals surface area contributed by atoms with Crippen molar-refractivity contribution in [3.05, 3.63) is 65.0 Å². The molecule has 7 heteroatoms. The van der Waals surface area contributed by atoms with Gasteiger partial charge in [0.15, 0.2) is 0 Å². The Balaban J connectivity index is 2.67. The molecule has 0 atom stereocenters. The van der Waals surface area contributed by atoms with Gasteiger partial charge in [-0.1, -0.05) is 6.08 Å². The molecule has 0 saturated carbocycles. The summed E-state index contributed by atoms with van der Waals surface area (Å²) in [5.74, 6) is -2.47. The first-order valence-electron chi connectivity index (χ1n) is 7.29. The van der Waals surface area contributed by atoms with Gasteiger partial charge in [0, 0.05) is 11.9 Å². The molecule has 25 heavy (non-hydrogen) atoms. The number of carbonyl (C=O) groups excluding carboxylic acids is 2. The molecule has 0 aliphatic carbocycles. The van der Waals surface area contributed by atoms with Crippen molar-refractivity contribution in [1.82, 2.24) is 0 Å². The van der Waals surface area contributed by atoms with Gasteiger partial charge in [0.05, 0.1) is 25.4 Å². The number of carbonyl (C=O) groups is 3. The predicted molar refractivity (Wildman–Crippen MR) is 90.0 cm³/mol. The van der Waals surface area contributed by atoms with E-state index in [9.17, 15) is 14.4 Å². The Kier molecular flexibility index (Phi) is 5.38. The first-order valence-corrected chi connectivity index (χ1v) is 7.29. The molecule has 1 N–H and O–H groups in total. The number of hydrogen-bond donors (Lipinski definition) is 1. The van der Waals surface area contributed by atoms with Crippen LogP contribution in [-0.4, -0.2) is 37.2 Å². The number of aryl methyl sites for hydroxylation is 1. The molecule has 130 valence electrons. The number of allylic oxidation sites excluding steroid dienone is 2. The number of benzene rings is 1. The molecule has 1 aromatic rings. The van der Waals surface area contributed by atoms with Crippen molar-refractivity contribution in [1.29, 1.82) is 0 Å². The molecule has 0 fully saturated rings. The minimum absolute atomic E-state index is 0.0227. The van der Waals surface area contributed by atoms with E-state index < -0.39 is 17.9 Å². The van der Waals surface area contributed by atoms with Crippen LogP contribution in [-0.2, 0) is 19.1 Å². The summed E-state index contributed by atoms with van der Waals surface area (Å²) in [5.41, 5.74) is 1.27. The third-order valence-electron chi connectivity index (χ3n) is 3.59. The fourth-order valence-corrected chi connectivity index (χ4v) is 2.41. The van der Waals surface area contributed by atoms with Gasteiger partial charge in [-0.25, -0.2) is 14.4 Å². The van der Waals surface area contributed by atoms with Gasteiger partial charge >= 0.3 is 17.9 Å². The zero-order chi connectivity index (χ0) is 18.6. The van der Waals surface area contributed by atoms with Crippen LogP contribution in [0.5, 0.6) is 0 Å². The number of nitrogens with zero attached hydrogens (tertiary/aromatic N) is 1. The maximum Gasteiger partial charge on any atom is 0.355 e. The minimum Gasteiger partial charge on any atom is -0.478 e. The zero-order valence-corrected chi connectivity index (χ0v) is 14.0. The van der Waals surface area contributed by atoms with Crippen molar-refractivity contribution in [2.24, 2.45) is 0 Å². The number of carboxylic acid groups (broad SMARTS) is 1. The van der Waals surface area contributed by atoms with E-state index in [2.05, 4.69) is 0 Å². The summed E-state index contributed by atoms with van der Waals surface area (Å²) in [5, 5.41) is 9.10. The second-order valence-corrected chi connectivity index (χ2v) is 5.12. The lowest BCUT2D eigenvalue weighted by atomic mass is 10.1. The highest BCUT2D eigenvalue weighted by Crippen LogP contribution is 2.29.